The molecule has 3 heterocycles. The van der Waals surface area contributed by atoms with Gasteiger partial charge in [0.25, 0.3) is 11.5 Å². The third kappa shape index (κ3) is 5.16. The fourth-order valence-corrected chi connectivity index (χ4v) is 7.56. The number of aromatic nitrogens is 4. The van der Waals surface area contributed by atoms with E-state index < -0.39 is 49.2 Å². The number of aliphatic hydroxyl groups is 1. The molecule has 6 rings (SSSR count). The number of terminal acetylenes is 1. The molecule has 2 aliphatic carbocycles. The fourth-order valence-electron chi connectivity index (χ4n) is 5.86. The molecule has 46 heavy (non-hydrogen) atoms. The van der Waals surface area contributed by atoms with Gasteiger partial charge in [-0.25, -0.2) is 18.3 Å². The minimum absolute atomic E-state index is 0.00593. The van der Waals surface area contributed by atoms with Crippen molar-refractivity contribution in [1.29, 1.82) is 0 Å². The number of carbonyl (C=O) groups excluding carboxylic acids is 1. The smallest absolute Gasteiger partial charge is 0.460 e. The second-order valence-electron chi connectivity index (χ2n) is 11.3. The van der Waals surface area contributed by atoms with Crippen molar-refractivity contribution >= 4 is 30.8 Å². The molecule has 4 N–H and O–H groups in total. The molecule has 1 aromatic carbocycles. The average molecular weight is 663 g/mol. The van der Waals surface area contributed by atoms with E-state index in [0.29, 0.717) is 12.8 Å². The first kappa shape index (κ1) is 32.1. The molecule has 17 heteroatoms. The number of imidazole rings is 1. The first-order valence-electron chi connectivity index (χ1n) is 14.8. The number of hydrogen-bond acceptors (Lipinski definition) is 12. The van der Waals surface area contributed by atoms with Crippen molar-refractivity contribution in [2.24, 2.45) is 0 Å². The molecule has 14 nitrogen and oxygen atoms in total. The number of carbonyl (C=O) groups is 1. The van der Waals surface area contributed by atoms with Crippen LogP contribution in [0.4, 0.5) is 14.7 Å². The van der Waals surface area contributed by atoms with Crippen LogP contribution < -0.4 is 20.1 Å². The molecule has 0 bridgehead atoms. The van der Waals surface area contributed by atoms with Crippen LogP contribution in [0.5, 0.6) is 11.6 Å². The number of nitrogens with two attached hydrogens (primary N) is 1. The number of anilines is 1. The standard InChI is InChI=1S/C29H33F2N6O8P/c1-4-27(30)25(37-16-33-20-21(37)34-26(32)35-22(20)41-5-2)43-29(31)24(28(27,29)39)45-46(40,44-19-14-10-7-11-15-19)36-17(3)23(38)42-18-12-8-6-9-13-18/h1,7,10-11,14-18,24-25,39H,5-6,8-9,12-13H2,2-3H3,(H,36,40)(H2,32,34,35)/t17?,24-,25+,27-,28-,29+,46?/m0/s1. The van der Waals surface area contributed by atoms with Crippen molar-refractivity contribution in [3.63, 3.8) is 0 Å². The van der Waals surface area contributed by atoms with Crippen LogP contribution in [0, 0.1) is 12.3 Å². The lowest BCUT2D eigenvalue weighted by Crippen LogP contribution is -2.47. The number of para-hydroxylation sites is 1. The lowest BCUT2D eigenvalue weighted by Gasteiger charge is -2.30. The van der Waals surface area contributed by atoms with E-state index in [4.69, 9.17) is 35.4 Å². The number of benzene rings is 1. The number of alkyl halides is 2. The summed E-state index contributed by atoms with van der Waals surface area (Å²) in [5, 5.41) is 13.9. The lowest BCUT2D eigenvalue weighted by atomic mass is 9.96. The van der Waals surface area contributed by atoms with E-state index in [1.54, 1.807) is 31.0 Å². The molecule has 3 aromatic rings. The van der Waals surface area contributed by atoms with Crippen LogP contribution in [-0.2, 0) is 23.4 Å². The van der Waals surface area contributed by atoms with E-state index in [9.17, 15) is 14.5 Å². The molecule has 7 atom stereocenters. The SMILES string of the molecule is C#C[C@]1(F)[C@H](n2cnc3c(OCC)nc(N)nc32)O[C@]2(F)[C@@H](OP(=O)(NC(C)C(=O)OC3CCCCC3)Oc3ccccc3)[C@]12O. The maximum atomic E-state index is 16.8. The summed E-state index contributed by atoms with van der Waals surface area (Å²) in [5.41, 5.74) is -0.810. The highest BCUT2D eigenvalue weighted by atomic mass is 31.2. The maximum Gasteiger partial charge on any atom is 0.460 e. The summed E-state index contributed by atoms with van der Waals surface area (Å²) in [6.07, 6.45) is 6.22. The van der Waals surface area contributed by atoms with Gasteiger partial charge in [0.05, 0.1) is 12.9 Å². The van der Waals surface area contributed by atoms with Crippen molar-refractivity contribution in [3.05, 3.63) is 36.7 Å². The zero-order valence-electron chi connectivity index (χ0n) is 25.0. The van der Waals surface area contributed by atoms with E-state index in [-0.39, 0.29) is 41.5 Å². The highest BCUT2D eigenvalue weighted by Gasteiger charge is 2.98. The second kappa shape index (κ2) is 11.7. The lowest BCUT2D eigenvalue weighted by molar-refractivity contribution is -0.152. The molecule has 0 spiro atoms. The highest BCUT2D eigenvalue weighted by molar-refractivity contribution is 7.52. The van der Waals surface area contributed by atoms with Crippen molar-refractivity contribution in [3.8, 4) is 24.0 Å². The number of ether oxygens (including phenoxy) is 3. The van der Waals surface area contributed by atoms with Crippen molar-refractivity contribution in [2.45, 2.75) is 87.6 Å². The Bertz CT molecular complexity index is 1720. The molecule has 3 aliphatic rings. The monoisotopic (exact) mass is 662 g/mol. The van der Waals surface area contributed by atoms with Crippen LogP contribution in [0.15, 0.2) is 36.7 Å². The topological polar surface area (TPSA) is 182 Å². The van der Waals surface area contributed by atoms with Gasteiger partial charge in [0.15, 0.2) is 23.5 Å². The summed E-state index contributed by atoms with van der Waals surface area (Å²) >= 11 is 0. The van der Waals surface area contributed by atoms with Gasteiger partial charge in [-0.15, -0.1) is 6.42 Å². The molecule has 0 amide bonds. The summed E-state index contributed by atoms with van der Waals surface area (Å²) in [6, 6.07) is 6.37. The zero-order valence-corrected chi connectivity index (χ0v) is 25.9. The summed E-state index contributed by atoms with van der Waals surface area (Å²) in [6.45, 7) is 3.24. The molecule has 3 fully saturated rings. The Morgan fingerprint density at radius 1 is 1.28 bits per heavy atom. The maximum absolute atomic E-state index is 16.8. The molecule has 1 saturated heterocycles. The molecule has 2 unspecified atom stereocenters. The van der Waals surface area contributed by atoms with Crippen LogP contribution in [0.3, 0.4) is 0 Å². The number of nitrogens with one attached hydrogen (secondary N) is 1. The summed E-state index contributed by atoms with van der Waals surface area (Å²) < 4.78 is 75.8. The first-order chi connectivity index (χ1) is 21.9. The van der Waals surface area contributed by atoms with Gasteiger partial charge in [0.2, 0.25) is 17.4 Å². The van der Waals surface area contributed by atoms with Gasteiger partial charge < -0.3 is 29.6 Å². The van der Waals surface area contributed by atoms with Gasteiger partial charge in [-0.2, -0.15) is 15.1 Å². The molecule has 246 valence electrons. The molecule has 1 aliphatic heterocycles. The molecule has 2 aromatic heterocycles. The number of fused-ring (bicyclic) bond motifs is 2. The third-order valence-electron chi connectivity index (χ3n) is 8.23. The normalized spacial score (nSPS) is 31.0. The number of nitrogens with zero attached hydrogens (tertiary/aromatic N) is 4. The number of halogens is 2. The fraction of sp³-hybridized carbons (Fsp3) is 0.517. The van der Waals surface area contributed by atoms with Gasteiger partial charge in [0.1, 0.15) is 17.9 Å². The summed E-state index contributed by atoms with van der Waals surface area (Å²) in [7, 11) is -4.78. The van der Waals surface area contributed by atoms with Gasteiger partial charge in [-0.05, 0) is 51.7 Å². The van der Waals surface area contributed by atoms with Crippen LogP contribution in [0.2, 0.25) is 0 Å². The Morgan fingerprint density at radius 3 is 2.67 bits per heavy atom. The third-order valence-corrected chi connectivity index (χ3v) is 9.88. The summed E-state index contributed by atoms with van der Waals surface area (Å²) in [5.74, 6) is -2.58. The van der Waals surface area contributed by atoms with Gasteiger partial charge in [-0.1, -0.05) is 30.5 Å². The van der Waals surface area contributed by atoms with Crippen molar-refractivity contribution in [2.75, 3.05) is 12.3 Å². The van der Waals surface area contributed by atoms with E-state index >= 15 is 8.78 Å². The van der Waals surface area contributed by atoms with E-state index in [1.165, 1.54) is 19.1 Å². The Hall–Kier alpha value is -3.87. The largest absolute Gasteiger partial charge is 0.476 e. The van der Waals surface area contributed by atoms with Crippen LogP contribution >= 0.6 is 7.75 Å². The van der Waals surface area contributed by atoms with Gasteiger partial charge in [0, 0.05) is 0 Å². The number of hydrogen-bond donors (Lipinski definition) is 3. The minimum Gasteiger partial charge on any atom is -0.476 e. The van der Waals surface area contributed by atoms with Crippen LogP contribution in [0.25, 0.3) is 11.2 Å². The van der Waals surface area contributed by atoms with Gasteiger partial charge in [-0.3, -0.25) is 13.9 Å². The molecule has 2 saturated carbocycles. The van der Waals surface area contributed by atoms with E-state index in [0.717, 1.165) is 30.2 Å². The van der Waals surface area contributed by atoms with Crippen molar-refractivity contribution < 1.29 is 46.5 Å². The minimum atomic E-state index is -4.78. The quantitative estimate of drug-likeness (QED) is 0.154. The average Bonchev–Trinajstić information content (AvgIpc) is 3.27. The first-order valence-corrected chi connectivity index (χ1v) is 16.3. The van der Waals surface area contributed by atoms with Crippen molar-refractivity contribution in [1.82, 2.24) is 24.6 Å². The van der Waals surface area contributed by atoms with Gasteiger partial charge >= 0.3 is 13.7 Å². The Balaban J connectivity index is 1.28. The Kier molecular flexibility index (Phi) is 8.19. The Labute approximate surface area is 262 Å². The van der Waals surface area contributed by atoms with Crippen LogP contribution in [0.1, 0.15) is 52.2 Å². The predicted octanol–water partition coefficient (Wildman–Crippen LogP) is 3.51. The molecular weight excluding hydrogens is 629 g/mol. The summed E-state index contributed by atoms with van der Waals surface area (Å²) in [4.78, 5) is 25.0. The number of esters is 1. The zero-order chi connectivity index (χ0) is 32.9. The number of rotatable bonds is 11. The Morgan fingerprint density at radius 2 is 2.00 bits per heavy atom. The highest BCUT2D eigenvalue weighted by Crippen LogP contribution is 2.73. The second-order valence-corrected chi connectivity index (χ2v) is 13.0. The van der Waals surface area contributed by atoms with Crippen LogP contribution in [-0.4, -0.2) is 72.6 Å². The molecule has 0 radical (unpaired) electrons. The molecular formula is C29H33F2N6O8P. The number of nitrogen functional groups attached to an aromatic ring is 1. The van der Waals surface area contributed by atoms with E-state index in [2.05, 4.69) is 20.0 Å². The van der Waals surface area contributed by atoms with E-state index in [1.807, 2.05) is 0 Å². The predicted molar refractivity (Wildman–Crippen MR) is 158 cm³/mol.